The molecule has 0 saturated carbocycles. The fourth-order valence-corrected chi connectivity index (χ4v) is 1.22. The Morgan fingerprint density at radius 2 is 1.85 bits per heavy atom. The number of hydrogen-bond acceptors (Lipinski definition) is 3. The zero-order valence-electron chi connectivity index (χ0n) is 6.17. The molecule has 0 amide bonds. The van der Waals surface area contributed by atoms with Crippen LogP contribution in [0.25, 0.3) is 0 Å². The summed E-state index contributed by atoms with van der Waals surface area (Å²) in [7, 11) is 0. The summed E-state index contributed by atoms with van der Waals surface area (Å²) in [5.74, 6) is -0.481. The number of phenolic OH excluding ortho intramolecular Hbond substituents is 1. The van der Waals surface area contributed by atoms with Crippen LogP contribution in [0.4, 0.5) is 13.2 Å². The predicted octanol–water partition coefficient (Wildman–Crippen LogP) is 2.98. The maximum Gasteiger partial charge on any atom is 0.417 e. The van der Waals surface area contributed by atoms with E-state index in [-0.39, 0.29) is 16.9 Å². The molecule has 1 aromatic carbocycles. The zero-order valence-corrected chi connectivity index (χ0v) is 6.99. The Hall–Kier alpha value is -0.880. The van der Waals surface area contributed by atoms with E-state index in [1.54, 1.807) is 0 Å². The van der Waals surface area contributed by atoms with E-state index in [0.717, 1.165) is 12.1 Å². The molecule has 0 bridgehead atoms. The molecule has 0 radical (unpaired) electrons. The summed E-state index contributed by atoms with van der Waals surface area (Å²) in [6, 6.07) is 2.65. The molecule has 0 heterocycles. The molecule has 6 heteroatoms. The highest BCUT2D eigenvalue weighted by Gasteiger charge is 2.33. The summed E-state index contributed by atoms with van der Waals surface area (Å²) in [6.45, 7) is 0. The smallest absolute Gasteiger partial charge is 0.417 e. The lowest BCUT2D eigenvalue weighted by Gasteiger charge is -2.10. The first-order valence-electron chi connectivity index (χ1n) is 3.17. The number of halogens is 3. The maximum atomic E-state index is 12.2. The summed E-state index contributed by atoms with van der Waals surface area (Å²) >= 11 is -0.000116. The third-order valence-corrected chi connectivity index (χ3v) is 1.92. The number of rotatable bonds is 1. The van der Waals surface area contributed by atoms with Gasteiger partial charge in [-0.15, -0.1) is 0 Å². The molecule has 0 fully saturated rings. The molecule has 72 valence electrons. The molecule has 0 atom stereocenters. The van der Waals surface area contributed by atoms with Crippen LogP contribution >= 0.6 is 12.0 Å². The highest BCUT2D eigenvalue weighted by molar-refractivity contribution is 7.93. The molecule has 0 aliphatic heterocycles. The van der Waals surface area contributed by atoms with Crippen LogP contribution < -0.4 is 0 Å². The van der Waals surface area contributed by atoms with E-state index < -0.39 is 17.5 Å². The number of phenols is 1. The number of aromatic hydroxyl groups is 1. The lowest BCUT2D eigenvalue weighted by molar-refractivity contribution is -0.139. The first-order valence-corrected chi connectivity index (χ1v) is 3.94. The van der Waals surface area contributed by atoms with Crippen LogP contribution in [-0.2, 0) is 6.18 Å². The van der Waals surface area contributed by atoms with E-state index in [9.17, 15) is 13.2 Å². The van der Waals surface area contributed by atoms with E-state index >= 15 is 0 Å². The molecule has 0 aliphatic carbocycles. The summed E-state index contributed by atoms with van der Waals surface area (Å²) in [4.78, 5) is -0.328. The SMILES string of the molecule is OSc1ccc(O)cc1C(F)(F)F. The van der Waals surface area contributed by atoms with Crippen molar-refractivity contribution in [1.82, 2.24) is 0 Å². The number of hydrogen-bond donors (Lipinski definition) is 2. The largest absolute Gasteiger partial charge is 0.508 e. The van der Waals surface area contributed by atoms with Gasteiger partial charge in [-0.3, -0.25) is 0 Å². The molecule has 0 spiro atoms. The van der Waals surface area contributed by atoms with Gasteiger partial charge in [0.1, 0.15) is 5.75 Å². The normalized spacial score (nSPS) is 11.7. The van der Waals surface area contributed by atoms with Crippen molar-refractivity contribution in [3.8, 4) is 5.75 Å². The average Bonchev–Trinajstić information content (AvgIpc) is 2.03. The second-order valence-corrected chi connectivity index (χ2v) is 2.89. The second kappa shape index (κ2) is 3.47. The van der Waals surface area contributed by atoms with Crippen molar-refractivity contribution in [2.75, 3.05) is 0 Å². The number of benzene rings is 1. The van der Waals surface area contributed by atoms with Gasteiger partial charge in [-0.1, -0.05) is 0 Å². The highest BCUT2D eigenvalue weighted by atomic mass is 32.2. The van der Waals surface area contributed by atoms with Gasteiger partial charge in [0.25, 0.3) is 0 Å². The van der Waals surface area contributed by atoms with E-state index in [1.165, 1.54) is 0 Å². The third kappa shape index (κ3) is 2.28. The topological polar surface area (TPSA) is 40.5 Å². The first-order chi connectivity index (χ1) is 5.95. The Morgan fingerprint density at radius 1 is 1.23 bits per heavy atom. The van der Waals surface area contributed by atoms with Gasteiger partial charge in [-0.2, -0.15) is 13.2 Å². The van der Waals surface area contributed by atoms with Crippen LogP contribution in [0.2, 0.25) is 0 Å². The fraction of sp³-hybridized carbons (Fsp3) is 0.143. The standard InChI is InChI=1S/C7H5F3O2S/c8-7(9,10)5-3-4(11)1-2-6(5)13-12/h1-3,11-12H. The molecular weight excluding hydrogens is 205 g/mol. The Kier molecular flexibility index (Phi) is 2.72. The van der Waals surface area contributed by atoms with Crippen molar-refractivity contribution in [2.45, 2.75) is 11.1 Å². The summed E-state index contributed by atoms with van der Waals surface area (Å²) in [5, 5.41) is 8.81. The van der Waals surface area contributed by atoms with Crippen LogP contribution in [0.1, 0.15) is 5.56 Å². The van der Waals surface area contributed by atoms with E-state index in [1.807, 2.05) is 0 Å². The molecule has 2 nitrogen and oxygen atoms in total. The van der Waals surface area contributed by atoms with Crippen LogP contribution in [0.5, 0.6) is 5.75 Å². The third-order valence-electron chi connectivity index (χ3n) is 1.37. The first kappa shape index (κ1) is 10.2. The van der Waals surface area contributed by atoms with Crippen molar-refractivity contribution in [3.05, 3.63) is 23.8 Å². The monoisotopic (exact) mass is 210 g/mol. The minimum absolute atomic E-state index is 0.000116. The number of alkyl halides is 3. The van der Waals surface area contributed by atoms with Gasteiger partial charge in [0, 0.05) is 16.9 Å². The average molecular weight is 210 g/mol. The van der Waals surface area contributed by atoms with Crippen molar-refractivity contribution in [3.63, 3.8) is 0 Å². The highest BCUT2D eigenvalue weighted by Crippen LogP contribution is 2.37. The Morgan fingerprint density at radius 3 is 2.31 bits per heavy atom. The van der Waals surface area contributed by atoms with Gasteiger partial charge in [-0.25, -0.2) is 0 Å². The van der Waals surface area contributed by atoms with E-state index in [4.69, 9.17) is 9.66 Å². The van der Waals surface area contributed by atoms with Crippen LogP contribution in [0.15, 0.2) is 23.1 Å². The maximum absolute atomic E-state index is 12.2. The summed E-state index contributed by atoms with van der Waals surface area (Å²) < 4.78 is 45.0. The van der Waals surface area contributed by atoms with Crippen molar-refractivity contribution < 1.29 is 22.8 Å². The Bertz CT molecular complexity index is 311. The van der Waals surface area contributed by atoms with Gasteiger partial charge in [0.2, 0.25) is 0 Å². The molecule has 0 aromatic heterocycles. The zero-order chi connectivity index (χ0) is 10.1. The molecule has 2 N–H and O–H groups in total. The van der Waals surface area contributed by atoms with Gasteiger partial charge in [0.05, 0.1) is 5.56 Å². The molecule has 1 aromatic rings. The van der Waals surface area contributed by atoms with E-state index in [2.05, 4.69) is 0 Å². The quantitative estimate of drug-likeness (QED) is 0.700. The van der Waals surface area contributed by atoms with E-state index in [0.29, 0.717) is 6.07 Å². The Balaban J connectivity index is 3.24. The van der Waals surface area contributed by atoms with Crippen LogP contribution in [-0.4, -0.2) is 9.66 Å². The second-order valence-electron chi connectivity index (χ2n) is 2.27. The summed E-state index contributed by atoms with van der Waals surface area (Å²) in [6.07, 6.45) is -4.57. The lowest BCUT2D eigenvalue weighted by atomic mass is 10.2. The molecule has 0 saturated heterocycles. The van der Waals surface area contributed by atoms with Gasteiger partial charge >= 0.3 is 6.18 Å². The van der Waals surface area contributed by atoms with Gasteiger partial charge in [-0.05, 0) is 18.2 Å². The van der Waals surface area contributed by atoms with Crippen molar-refractivity contribution in [1.29, 1.82) is 0 Å². The fourth-order valence-electron chi connectivity index (χ4n) is 0.819. The minimum Gasteiger partial charge on any atom is -0.508 e. The molecule has 0 unspecified atom stereocenters. The van der Waals surface area contributed by atoms with Gasteiger partial charge < -0.3 is 9.66 Å². The molecule has 0 aliphatic rings. The molecular formula is C7H5F3O2S. The van der Waals surface area contributed by atoms with Crippen molar-refractivity contribution in [2.24, 2.45) is 0 Å². The Labute approximate surface area is 76.2 Å². The van der Waals surface area contributed by atoms with Crippen molar-refractivity contribution >= 4 is 12.0 Å². The minimum atomic E-state index is -4.57. The lowest BCUT2D eigenvalue weighted by Crippen LogP contribution is -2.06. The molecule has 13 heavy (non-hydrogen) atoms. The van der Waals surface area contributed by atoms with Gasteiger partial charge in [0.15, 0.2) is 0 Å². The van der Waals surface area contributed by atoms with Crippen LogP contribution in [0, 0.1) is 0 Å². The van der Waals surface area contributed by atoms with Crippen LogP contribution in [0.3, 0.4) is 0 Å². The summed E-state index contributed by atoms with van der Waals surface area (Å²) in [5.41, 5.74) is -1.04. The predicted molar refractivity (Wildman–Crippen MR) is 41.6 cm³/mol. The molecule has 1 rings (SSSR count).